The summed E-state index contributed by atoms with van der Waals surface area (Å²) in [6.07, 6.45) is 77.6. The van der Waals surface area contributed by atoms with Crippen LogP contribution in [0, 0.1) is 0 Å². The van der Waals surface area contributed by atoms with E-state index in [0.29, 0.717) is 19.3 Å². The Bertz CT molecular complexity index is 1340. The molecule has 0 rings (SSSR count). The molecule has 0 spiro atoms. The lowest BCUT2D eigenvalue weighted by molar-refractivity contribution is -0.167. The minimum Gasteiger partial charge on any atom is -0.462 e. The molecule has 0 bridgehead atoms. The number of carbonyl (C=O) groups excluding carboxylic acids is 3. The van der Waals surface area contributed by atoms with Gasteiger partial charge in [-0.15, -0.1) is 0 Å². The zero-order chi connectivity index (χ0) is 52.2. The number of rotatable bonds is 56. The Morgan fingerprint density at radius 2 is 0.514 bits per heavy atom. The summed E-state index contributed by atoms with van der Waals surface area (Å²) in [7, 11) is 0. The first-order valence-electron chi connectivity index (χ1n) is 30.9. The fraction of sp³-hybridized carbons (Fsp3) is 0.773. The number of ether oxygens (including phenoxy) is 3. The van der Waals surface area contributed by atoms with Crippen LogP contribution in [0.5, 0.6) is 0 Å². The van der Waals surface area contributed by atoms with E-state index in [1.165, 1.54) is 180 Å². The van der Waals surface area contributed by atoms with E-state index in [-0.39, 0.29) is 31.1 Å². The molecule has 6 heteroatoms. The van der Waals surface area contributed by atoms with Crippen molar-refractivity contribution in [2.75, 3.05) is 13.2 Å². The summed E-state index contributed by atoms with van der Waals surface area (Å²) in [5, 5.41) is 0. The van der Waals surface area contributed by atoms with E-state index in [0.717, 1.165) is 89.9 Å². The molecule has 0 aromatic carbocycles. The monoisotopic (exact) mass is 1000 g/mol. The average Bonchev–Trinajstić information content (AvgIpc) is 3.38. The Morgan fingerprint density at radius 3 is 0.847 bits per heavy atom. The SMILES string of the molecule is CCCC/C=C\CCCCCCCC(=O)OCC(COC(=O)CCCCCCCCCCCC/C=C\C/C=C\C/C=C\CCCCCCC)OC(=O)CCCCCCCCC/C=C\C/C=C\CCCCCC. The second kappa shape index (κ2) is 60.4. The summed E-state index contributed by atoms with van der Waals surface area (Å²) in [6.45, 7) is 6.58. The Balaban J connectivity index is 4.29. The molecule has 1 unspecified atom stereocenters. The summed E-state index contributed by atoms with van der Waals surface area (Å²) in [4.78, 5) is 38.2. The second-order valence-electron chi connectivity index (χ2n) is 20.6. The van der Waals surface area contributed by atoms with Crippen LogP contribution < -0.4 is 0 Å². The molecule has 0 saturated carbocycles. The van der Waals surface area contributed by atoms with Gasteiger partial charge in [-0.05, 0) is 109 Å². The molecule has 0 aliphatic rings. The summed E-state index contributed by atoms with van der Waals surface area (Å²) in [5.41, 5.74) is 0. The van der Waals surface area contributed by atoms with Crippen LogP contribution in [0.15, 0.2) is 72.9 Å². The summed E-state index contributed by atoms with van der Waals surface area (Å²) in [5.74, 6) is -0.894. The smallest absolute Gasteiger partial charge is 0.306 e. The van der Waals surface area contributed by atoms with Gasteiger partial charge in [-0.1, -0.05) is 254 Å². The third kappa shape index (κ3) is 57.7. The molecule has 0 aromatic rings. The van der Waals surface area contributed by atoms with E-state index in [9.17, 15) is 14.4 Å². The van der Waals surface area contributed by atoms with E-state index < -0.39 is 6.10 Å². The van der Waals surface area contributed by atoms with Crippen molar-refractivity contribution in [1.29, 1.82) is 0 Å². The average molecular weight is 1010 g/mol. The largest absolute Gasteiger partial charge is 0.462 e. The van der Waals surface area contributed by atoms with Crippen molar-refractivity contribution in [3.05, 3.63) is 72.9 Å². The topological polar surface area (TPSA) is 78.9 Å². The third-order valence-electron chi connectivity index (χ3n) is 13.4. The van der Waals surface area contributed by atoms with Crippen molar-refractivity contribution in [2.45, 2.75) is 316 Å². The van der Waals surface area contributed by atoms with Crippen LogP contribution in [0.4, 0.5) is 0 Å². The number of carbonyl (C=O) groups is 3. The highest BCUT2D eigenvalue weighted by molar-refractivity contribution is 5.71. The molecule has 1 atom stereocenters. The molecule has 72 heavy (non-hydrogen) atoms. The van der Waals surface area contributed by atoms with Crippen molar-refractivity contribution in [3.8, 4) is 0 Å². The van der Waals surface area contributed by atoms with Gasteiger partial charge in [0.1, 0.15) is 13.2 Å². The van der Waals surface area contributed by atoms with Gasteiger partial charge in [0.05, 0.1) is 0 Å². The zero-order valence-corrected chi connectivity index (χ0v) is 47.7. The van der Waals surface area contributed by atoms with E-state index in [2.05, 4.69) is 93.7 Å². The molecule has 0 N–H and O–H groups in total. The molecular formula is C66H116O6. The van der Waals surface area contributed by atoms with Gasteiger partial charge in [-0.3, -0.25) is 14.4 Å². The standard InChI is InChI=1S/C66H116O6/c1-4-7-10-13-16-19-22-24-26-28-30-31-32-33-34-35-36-38-39-41-44-47-50-53-56-59-65(68)71-62-63(61-70-64(67)58-55-52-49-46-43-21-18-15-12-9-6-3)72-66(69)60-57-54-51-48-45-42-40-37-29-27-25-23-20-17-14-11-8-5-2/h15,18,20,22-24,27-30,32-33,63H,4-14,16-17,19,21,25-26,31,34-62H2,1-3H3/b18-15-,23-20-,24-22-,29-27-,30-28-,33-32-. The zero-order valence-electron chi connectivity index (χ0n) is 47.7. The number of unbranched alkanes of at least 4 members (excludes halogenated alkanes) is 33. The molecule has 0 aromatic heterocycles. The molecule has 0 saturated heterocycles. The molecular weight excluding hydrogens is 889 g/mol. The van der Waals surface area contributed by atoms with Crippen LogP contribution in [-0.2, 0) is 28.6 Å². The summed E-state index contributed by atoms with van der Waals surface area (Å²) in [6, 6.07) is 0. The molecule has 0 heterocycles. The highest BCUT2D eigenvalue weighted by Crippen LogP contribution is 2.16. The molecule has 0 radical (unpaired) electrons. The van der Waals surface area contributed by atoms with Gasteiger partial charge in [0.15, 0.2) is 6.10 Å². The van der Waals surface area contributed by atoms with Crippen LogP contribution in [0.3, 0.4) is 0 Å². The Kier molecular flexibility index (Phi) is 57.8. The normalized spacial score (nSPS) is 12.5. The van der Waals surface area contributed by atoms with E-state index in [1.54, 1.807) is 0 Å². The molecule has 0 aliphatic carbocycles. The van der Waals surface area contributed by atoms with Gasteiger partial charge in [0, 0.05) is 19.3 Å². The van der Waals surface area contributed by atoms with Crippen molar-refractivity contribution in [1.82, 2.24) is 0 Å². The van der Waals surface area contributed by atoms with Crippen LogP contribution in [0.25, 0.3) is 0 Å². The minimum absolute atomic E-state index is 0.0825. The fourth-order valence-electron chi connectivity index (χ4n) is 8.70. The van der Waals surface area contributed by atoms with Crippen LogP contribution in [0.1, 0.15) is 310 Å². The predicted molar refractivity (Wildman–Crippen MR) is 311 cm³/mol. The Morgan fingerprint density at radius 1 is 0.278 bits per heavy atom. The quantitative estimate of drug-likeness (QED) is 0.0261. The number of esters is 3. The lowest BCUT2D eigenvalue weighted by atomic mass is 10.1. The highest BCUT2D eigenvalue weighted by Gasteiger charge is 2.19. The van der Waals surface area contributed by atoms with E-state index in [4.69, 9.17) is 14.2 Å². The Hall–Kier alpha value is -3.15. The van der Waals surface area contributed by atoms with Gasteiger partial charge in [-0.2, -0.15) is 0 Å². The van der Waals surface area contributed by atoms with E-state index in [1.807, 2.05) is 0 Å². The summed E-state index contributed by atoms with van der Waals surface area (Å²) < 4.78 is 16.9. The number of hydrogen-bond acceptors (Lipinski definition) is 6. The molecule has 416 valence electrons. The second-order valence-corrected chi connectivity index (χ2v) is 20.6. The van der Waals surface area contributed by atoms with Gasteiger partial charge in [0.2, 0.25) is 0 Å². The maximum atomic E-state index is 12.9. The molecule has 0 aliphatic heterocycles. The maximum Gasteiger partial charge on any atom is 0.306 e. The fourth-order valence-corrected chi connectivity index (χ4v) is 8.70. The van der Waals surface area contributed by atoms with Crippen molar-refractivity contribution < 1.29 is 28.6 Å². The molecule has 0 fully saturated rings. The van der Waals surface area contributed by atoms with Crippen LogP contribution in [0.2, 0.25) is 0 Å². The van der Waals surface area contributed by atoms with Gasteiger partial charge < -0.3 is 14.2 Å². The summed E-state index contributed by atoms with van der Waals surface area (Å²) >= 11 is 0. The van der Waals surface area contributed by atoms with Crippen LogP contribution in [-0.4, -0.2) is 37.2 Å². The Labute approximate surface area is 446 Å². The minimum atomic E-state index is -0.785. The highest BCUT2D eigenvalue weighted by atomic mass is 16.6. The number of hydrogen-bond donors (Lipinski definition) is 0. The van der Waals surface area contributed by atoms with Crippen LogP contribution >= 0.6 is 0 Å². The first-order chi connectivity index (χ1) is 35.5. The van der Waals surface area contributed by atoms with Gasteiger partial charge >= 0.3 is 17.9 Å². The first-order valence-corrected chi connectivity index (χ1v) is 30.9. The third-order valence-corrected chi connectivity index (χ3v) is 13.4. The van der Waals surface area contributed by atoms with Gasteiger partial charge in [0.25, 0.3) is 0 Å². The van der Waals surface area contributed by atoms with E-state index >= 15 is 0 Å². The van der Waals surface area contributed by atoms with Gasteiger partial charge in [-0.25, -0.2) is 0 Å². The number of allylic oxidation sites excluding steroid dienone is 12. The van der Waals surface area contributed by atoms with Crippen molar-refractivity contribution in [3.63, 3.8) is 0 Å². The lowest BCUT2D eigenvalue weighted by Gasteiger charge is -2.18. The molecule has 6 nitrogen and oxygen atoms in total. The lowest BCUT2D eigenvalue weighted by Crippen LogP contribution is -2.30. The maximum absolute atomic E-state index is 12.9. The van der Waals surface area contributed by atoms with Crippen molar-refractivity contribution in [2.24, 2.45) is 0 Å². The first kappa shape index (κ1) is 68.8. The predicted octanol–water partition coefficient (Wildman–Crippen LogP) is 20.9. The van der Waals surface area contributed by atoms with Crippen molar-refractivity contribution >= 4 is 17.9 Å². The molecule has 0 amide bonds.